The van der Waals surface area contributed by atoms with Gasteiger partial charge in [0.05, 0.1) is 23.1 Å². The largest absolute Gasteiger partial charge is 0.339 e. The molecular formula is C22H26N6O2. The smallest absolute Gasteiger partial charge is 0.325 e. The molecule has 2 aromatic heterocycles. The molecule has 8 heteroatoms. The second kappa shape index (κ2) is 7.27. The predicted octanol–water partition coefficient (Wildman–Crippen LogP) is 4.53. The van der Waals surface area contributed by atoms with Crippen LogP contribution in [0.4, 0.5) is 10.5 Å². The number of likely N-dealkylation sites (tertiary alicyclic amines) is 1. The molecule has 5 rings (SSSR count). The van der Waals surface area contributed by atoms with Crippen molar-refractivity contribution in [2.45, 2.75) is 52.0 Å². The van der Waals surface area contributed by atoms with Gasteiger partial charge in [0.1, 0.15) is 12.0 Å². The Hall–Kier alpha value is -3.16. The van der Waals surface area contributed by atoms with Gasteiger partial charge in [-0.05, 0) is 31.4 Å². The number of carbonyl (C=O) groups is 1. The Morgan fingerprint density at radius 1 is 1.20 bits per heavy atom. The molecule has 1 atom stereocenters. The van der Waals surface area contributed by atoms with Gasteiger partial charge in [-0.1, -0.05) is 38.1 Å². The van der Waals surface area contributed by atoms with E-state index in [-0.39, 0.29) is 18.0 Å². The molecular weight excluding hydrogens is 380 g/mol. The predicted molar refractivity (Wildman–Crippen MR) is 113 cm³/mol. The molecule has 0 radical (unpaired) electrons. The summed E-state index contributed by atoms with van der Waals surface area (Å²) in [5.74, 6) is 1.19. The van der Waals surface area contributed by atoms with E-state index in [0.717, 1.165) is 49.4 Å². The number of anilines is 1. The van der Waals surface area contributed by atoms with Crippen molar-refractivity contribution in [3.8, 4) is 17.2 Å². The van der Waals surface area contributed by atoms with E-state index in [9.17, 15) is 4.79 Å². The first kappa shape index (κ1) is 18.8. The minimum absolute atomic E-state index is 0.0566. The molecule has 1 unspecified atom stereocenters. The van der Waals surface area contributed by atoms with Gasteiger partial charge in [-0.25, -0.2) is 9.78 Å². The highest BCUT2D eigenvalue weighted by Crippen LogP contribution is 2.44. The third-order valence-electron chi connectivity index (χ3n) is 5.95. The molecule has 8 nitrogen and oxygen atoms in total. The van der Waals surface area contributed by atoms with Crippen LogP contribution >= 0.6 is 0 Å². The van der Waals surface area contributed by atoms with Gasteiger partial charge in [-0.3, -0.25) is 9.47 Å². The number of aromatic nitrogens is 4. The second-order valence-electron chi connectivity index (χ2n) is 8.22. The van der Waals surface area contributed by atoms with Gasteiger partial charge in [0.2, 0.25) is 11.7 Å². The zero-order chi connectivity index (χ0) is 20.8. The van der Waals surface area contributed by atoms with E-state index in [1.54, 1.807) is 6.33 Å². The number of benzene rings is 1. The Bertz CT molecular complexity index is 1080. The van der Waals surface area contributed by atoms with E-state index < -0.39 is 0 Å². The van der Waals surface area contributed by atoms with Crippen molar-refractivity contribution in [2.24, 2.45) is 0 Å². The van der Waals surface area contributed by atoms with E-state index in [1.807, 2.05) is 47.9 Å². The van der Waals surface area contributed by atoms with Crippen molar-refractivity contribution < 1.29 is 9.32 Å². The Kier molecular flexibility index (Phi) is 4.56. The quantitative estimate of drug-likeness (QED) is 0.638. The van der Waals surface area contributed by atoms with Gasteiger partial charge >= 0.3 is 6.03 Å². The zero-order valence-corrected chi connectivity index (χ0v) is 17.6. The Morgan fingerprint density at radius 2 is 1.93 bits per heavy atom. The van der Waals surface area contributed by atoms with Gasteiger partial charge in [0.25, 0.3) is 0 Å². The van der Waals surface area contributed by atoms with Crippen LogP contribution < -0.4 is 4.90 Å². The lowest BCUT2D eigenvalue weighted by atomic mass is 10.0. The Labute approximate surface area is 175 Å². The highest BCUT2D eigenvalue weighted by Gasteiger charge is 2.39. The molecule has 2 amide bonds. The van der Waals surface area contributed by atoms with Crippen LogP contribution in [0.15, 0.2) is 35.1 Å². The van der Waals surface area contributed by atoms with Crippen LogP contribution in [0.2, 0.25) is 0 Å². The summed E-state index contributed by atoms with van der Waals surface area (Å²) in [5.41, 5.74) is 3.45. The van der Waals surface area contributed by atoms with Crippen LogP contribution in [-0.4, -0.2) is 43.7 Å². The maximum Gasteiger partial charge on any atom is 0.325 e. The van der Waals surface area contributed by atoms with Crippen molar-refractivity contribution in [3.63, 3.8) is 0 Å². The second-order valence-corrected chi connectivity index (χ2v) is 8.22. The molecule has 0 bridgehead atoms. The first-order chi connectivity index (χ1) is 14.6. The summed E-state index contributed by atoms with van der Waals surface area (Å²) < 4.78 is 7.50. The van der Waals surface area contributed by atoms with E-state index in [0.29, 0.717) is 17.4 Å². The SMILES string of the molecule is CCC1c2c(-c3noc(C(C)C)n3)ncn2-c2ccccc2N1C(=O)N1CCCC1. The van der Waals surface area contributed by atoms with Crippen molar-refractivity contribution in [1.29, 1.82) is 0 Å². The van der Waals surface area contributed by atoms with Gasteiger partial charge in [0, 0.05) is 19.0 Å². The van der Waals surface area contributed by atoms with Crippen LogP contribution in [0, 0.1) is 0 Å². The molecule has 0 aliphatic carbocycles. The van der Waals surface area contributed by atoms with Crippen LogP contribution in [0.1, 0.15) is 63.6 Å². The number of carbonyl (C=O) groups excluding carboxylic acids is 1. The number of nitrogens with zero attached hydrogens (tertiary/aromatic N) is 6. The van der Waals surface area contributed by atoms with Crippen LogP contribution in [0.25, 0.3) is 17.2 Å². The fourth-order valence-corrected chi connectivity index (χ4v) is 4.44. The maximum absolute atomic E-state index is 13.6. The third kappa shape index (κ3) is 2.81. The number of para-hydroxylation sites is 2. The highest BCUT2D eigenvalue weighted by atomic mass is 16.5. The normalized spacial score (nSPS) is 18.1. The molecule has 2 aliphatic heterocycles. The van der Waals surface area contributed by atoms with Gasteiger partial charge in [-0.15, -0.1) is 0 Å². The minimum atomic E-state index is -0.161. The average Bonchev–Trinajstić information content (AvgIpc) is 3.52. The lowest BCUT2D eigenvalue weighted by Crippen LogP contribution is -2.46. The Morgan fingerprint density at radius 3 is 2.60 bits per heavy atom. The molecule has 30 heavy (non-hydrogen) atoms. The summed E-state index contributed by atoms with van der Waals surface area (Å²) in [7, 11) is 0. The number of urea groups is 1. The summed E-state index contributed by atoms with van der Waals surface area (Å²) in [4.78, 5) is 26.7. The molecule has 2 aliphatic rings. The summed E-state index contributed by atoms with van der Waals surface area (Å²) in [6, 6.07) is 7.90. The third-order valence-corrected chi connectivity index (χ3v) is 5.95. The molecule has 1 fully saturated rings. The molecule has 3 aromatic rings. The standard InChI is InChI=1S/C22H26N6O2/c1-4-15-19-18(20-24-21(14(2)3)30-25-20)23-13-27(19)16-9-5-6-10-17(16)28(15)22(29)26-11-7-8-12-26/h5-6,9-10,13-15H,4,7-8,11-12H2,1-3H3. The van der Waals surface area contributed by atoms with Crippen molar-refractivity contribution in [1.82, 2.24) is 24.6 Å². The van der Waals surface area contributed by atoms with E-state index in [2.05, 4.69) is 26.6 Å². The first-order valence-electron chi connectivity index (χ1n) is 10.7. The number of fused-ring (bicyclic) bond motifs is 3. The number of hydrogen-bond donors (Lipinski definition) is 0. The Balaban J connectivity index is 1.66. The molecule has 156 valence electrons. The van der Waals surface area contributed by atoms with E-state index >= 15 is 0 Å². The van der Waals surface area contributed by atoms with Crippen LogP contribution in [0.3, 0.4) is 0 Å². The van der Waals surface area contributed by atoms with Crippen LogP contribution in [-0.2, 0) is 0 Å². The lowest BCUT2D eigenvalue weighted by Gasteiger charge is -2.39. The van der Waals surface area contributed by atoms with Crippen molar-refractivity contribution in [3.05, 3.63) is 42.2 Å². The van der Waals surface area contributed by atoms with Crippen LogP contribution in [0.5, 0.6) is 0 Å². The van der Waals surface area contributed by atoms with Crippen molar-refractivity contribution >= 4 is 11.7 Å². The van der Waals surface area contributed by atoms with E-state index in [1.165, 1.54) is 0 Å². The summed E-state index contributed by atoms with van der Waals surface area (Å²) in [6.45, 7) is 7.74. The average molecular weight is 406 g/mol. The highest BCUT2D eigenvalue weighted by molar-refractivity contribution is 5.96. The number of imidazole rings is 1. The zero-order valence-electron chi connectivity index (χ0n) is 17.6. The summed E-state index contributed by atoms with van der Waals surface area (Å²) in [6.07, 6.45) is 4.67. The molecule has 0 saturated carbocycles. The molecule has 4 heterocycles. The molecule has 0 N–H and O–H groups in total. The lowest BCUT2D eigenvalue weighted by molar-refractivity contribution is 0.212. The summed E-state index contributed by atoms with van der Waals surface area (Å²) in [5, 5.41) is 4.18. The minimum Gasteiger partial charge on any atom is -0.339 e. The number of amides is 2. The topological polar surface area (TPSA) is 80.3 Å². The molecule has 1 aromatic carbocycles. The number of hydrogen-bond acceptors (Lipinski definition) is 5. The van der Waals surface area contributed by atoms with Gasteiger partial charge in [0.15, 0.2) is 0 Å². The molecule has 1 saturated heterocycles. The molecule has 0 spiro atoms. The maximum atomic E-state index is 13.6. The van der Waals surface area contributed by atoms with Crippen molar-refractivity contribution in [2.75, 3.05) is 18.0 Å². The fraction of sp³-hybridized carbons (Fsp3) is 0.455. The number of rotatable bonds is 3. The van der Waals surface area contributed by atoms with Gasteiger partial charge < -0.3 is 9.42 Å². The van der Waals surface area contributed by atoms with Gasteiger partial charge in [-0.2, -0.15) is 4.98 Å². The monoisotopic (exact) mass is 406 g/mol. The first-order valence-corrected chi connectivity index (χ1v) is 10.7. The fourth-order valence-electron chi connectivity index (χ4n) is 4.44. The van der Waals surface area contributed by atoms with E-state index in [4.69, 9.17) is 4.52 Å². The summed E-state index contributed by atoms with van der Waals surface area (Å²) >= 11 is 0.